The third-order valence-electron chi connectivity index (χ3n) is 5.98. The monoisotopic (exact) mass is 502 g/mol. The van der Waals surface area contributed by atoms with Crippen LogP contribution in [0.15, 0.2) is 79.0 Å². The summed E-state index contributed by atoms with van der Waals surface area (Å²) in [4.78, 5) is 15.4. The summed E-state index contributed by atoms with van der Waals surface area (Å²) in [5.41, 5.74) is 2.27. The van der Waals surface area contributed by atoms with Gasteiger partial charge in [-0.05, 0) is 75.2 Å². The number of para-hydroxylation sites is 1. The Kier molecular flexibility index (Phi) is 8.48. The summed E-state index contributed by atoms with van der Waals surface area (Å²) in [7, 11) is 0. The molecule has 1 heterocycles. The van der Waals surface area contributed by atoms with Crippen LogP contribution in [-0.4, -0.2) is 47.5 Å². The summed E-state index contributed by atoms with van der Waals surface area (Å²) in [6, 6.07) is 22.6. The van der Waals surface area contributed by atoms with Crippen molar-refractivity contribution in [1.82, 2.24) is 10.3 Å². The topological polar surface area (TPSA) is 92.8 Å². The second kappa shape index (κ2) is 12.0. The van der Waals surface area contributed by atoms with Crippen LogP contribution in [0.4, 0.5) is 0 Å². The number of fused-ring (bicyclic) bond motifs is 1. The Morgan fingerprint density at radius 2 is 1.76 bits per heavy atom. The van der Waals surface area contributed by atoms with Gasteiger partial charge in [0.2, 0.25) is 0 Å². The largest absolute Gasteiger partial charge is 0.490 e. The fourth-order valence-corrected chi connectivity index (χ4v) is 4.13. The molecule has 3 aromatic carbocycles. The molecule has 3 N–H and O–H groups in total. The SMILES string of the molecule is CCOC(=O)c1ccccc1Oc1ccc(CC(C)(C)NC[C@H](O)COc2cccc3[nH]ccc23)cc1. The average molecular weight is 503 g/mol. The van der Waals surface area contributed by atoms with Gasteiger partial charge in [0.05, 0.1) is 6.61 Å². The normalized spacial score (nSPS) is 12.3. The van der Waals surface area contributed by atoms with E-state index in [2.05, 4.69) is 24.1 Å². The van der Waals surface area contributed by atoms with Crippen molar-refractivity contribution in [3.63, 3.8) is 0 Å². The molecule has 0 aliphatic carbocycles. The Bertz CT molecular complexity index is 1310. The average Bonchev–Trinajstić information content (AvgIpc) is 3.37. The molecule has 0 spiro atoms. The lowest BCUT2D eigenvalue weighted by Gasteiger charge is -2.28. The minimum absolute atomic E-state index is 0.201. The van der Waals surface area contributed by atoms with Crippen LogP contribution in [0.5, 0.6) is 17.2 Å². The summed E-state index contributed by atoms with van der Waals surface area (Å²) < 4.78 is 16.9. The molecule has 37 heavy (non-hydrogen) atoms. The molecule has 1 aromatic heterocycles. The van der Waals surface area contributed by atoms with Crippen molar-refractivity contribution in [1.29, 1.82) is 0 Å². The highest BCUT2D eigenvalue weighted by molar-refractivity contribution is 5.92. The highest BCUT2D eigenvalue weighted by Crippen LogP contribution is 2.27. The first-order valence-electron chi connectivity index (χ1n) is 12.5. The van der Waals surface area contributed by atoms with Crippen LogP contribution in [0.3, 0.4) is 0 Å². The summed E-state index contributed by atoms with van der Waals surface area (Å²) in [6.07, 6.45) is 1.98. The number of benzene rings is 3. The summed E-state index contributed by atoms with van der Waals surface area (Å²) >= 11 is 0. The van der Waals surface area contributed by atoms with Crippen LogP contribution < -0.4 is 14.8 Å². The van der Waals surface area contributed by atoms with Gasteiger partial charge in [0.1, 0.15) is 35.5 Å². The van der Waals surface area contributed by atoms with Gasteiger partial charge >= 0.3 is 5.97 Å². The van der Waals surface area contributed by atoms with Crippen molar-refractivity contribution in [3.05, 3.63) is 90.1 Å². The number of nitrogens with one attached hydrogen (secondary N) is 2. The molecule has 7 heteroatoms. The Morgan fingerprint density at radius 3 is 2.54 bits per heavy atom. The zero-order valence-electron chi connectivity index (χ0n) is 21.5. The number of hydrogen-bond donors (Lipinski definition) is 3. The minimum Gasteiger partial charge on any atom is -0.490 e. The van der Waals surface area contributed by atoms with E-state index in [0.717, 1.165) is 28.6 Å². The van der Waals surface area contributed by atoms with Gasteiger partial charge in [0, 0.05) is 29.2 Å². The number of rotatable bonds is 12. The Labute approximate surface area is 217 Å². The van der Waals surface area contributed by atoms with Gasteiger partial charge in [-0.2, -0.15) is 0 Å². The van der Waals surface area contributed by atoms with E-state index in [9.17, 15) is 9.90 Å². The number of hydrogen-bond acceptors (Lipinski definition) is 6. The van der Waals surface area contributed by atoms with Gasteiger partial charge in [-0.15, -0.1) is 0 Å². The molecule has 0 bridgehead atoms. The first-order valence-corrected chi connectivity index (χ1v) is 12.5. The molecule has 0 amide bonds. The fourth-order valence-electron chi connectivity index (χ4n) is 4.13. The summed E-state index contributed by atoms with van der Waals surface area (Å²) in [5, 5.41) is 14.9. The lowest BCUT2D eigenvalue weighted by molar-refractivity contribution is 0.0523. The molecule has 0 aliphatic rings. The zero-order chi connectivity index (χ0) is 26.3. The molecule has 0 radical (unpaired) electrons. The lowest BCUT2D eigenvalue weighted by atomic mass is 9.94. The molecular formula is C30H34N2O5. The molecule has 194 valence electrons. The van der Waals surface area contributed by atoms with Crippen LogP contribution in [0.1, 0.15) is 36.7 Å². The Hall–Kier alpha value is -3.81. The zero-order valence-corrected chi connectivity index (χ0v) is 21.5. The predicted molar refractivity (Wildman–Crippen MR) is 145 cm³/mol. The fraction of sp³-hybridized carbons (Fsp3) is 0.300. The molecule has 0 unspecified atom stereocenters. The maximum Gasteiger partial charge on any atom is 0.341 e. The van der Waals surface area contributed by atoms with Crippen molar-refractivity contribution >= 4 is 16.9 Å². The maximum absolute atomic E-state index is 12.2. The molecule has 4 rings (SSSR count). The van der Waals surface area contributed by atoms with Crippen molar-refractivity contribution in [2.24, 2.45) is 0 Å². The van der Waals surface area contributed by atoms with Gasteiger partial charge in [0.15, 0.2) is 0 Å². The number of aromatic nitrogens is 1. The van der Waals surface area contributed by atoms with E-state index in [4.69, 9.17) is 14.2 Å². The van der Waals surface area contributed by atoms with E-state index in [1.165, 1.54) is 0 Å². The number of aliphatic hydroxyl groups is 1. The molecule has 1 atom stereocenters. The van der Waals surface area contributed by atoms with Gasteiger partial charge < -0.3 is 29.6 Å². The van der Waals surface area contributed by atoms with Crippen molar-refractivity contribution in [3.8, 4) is 17.2 Å². The highest BCUT2D eigenvalue weighted by atomic mass is 16.5. The highest BCUT2D eigenvalue weighted by Gasteiger charge is 2.20. The first-order chi connectivity index (χ1) is 17.8. The number of esters is 1. The summed E-state index contributed by atoms with van der Waals surface area (Å²) in [6.45, 7) is 6.88. The van der Waals surface area contributed by atoms with E-state index < -0.39 is 12.1 Å². The molecule has 4 aromatic rings. The molecule has 7 nitrogen and oxygen atoms in total. The van der Waals surface area contributed by atoms with E-state index in [1.54, 1.807) is 25.1 Å². The smallest absolute Gasteiger partial charge is 0.341 e. The van der Waals surface area contributed by atoms with E-state index in [1.807, 2.05) is 60.8 Å². The quantitative estimate of drug-likeness (QED) is 0.222. The Morgan fingerprint density at radius 1 is 1.00 bits per heavy atom. The number of β-amino-alcohol motifs (C(OH)–C–C–N with tert-alkyl or cyclic N) is 1. The predicted octanol–water partition coefficient (Wildman–Crippen LogP) is 5.49. The van der Waals surface area contributed by atoms with Crippen LogP contribution in [-0.2, 0) is 11.2 Å². The third-order valence-corrected chi connectivity index (χ3v) is 5.98. The molecule has 0 aliphatic heterocycles. The van der Waals surface area contributed by atoms with E-state index in [0.29, 0.717) is 30.2 Å². The van der Waals surface area contributed by atoms with Gasteiger partial charge in [-0.1, -0.05) is 30.3 Å². The van der Waals surface area contributed by atoms with E-state index >= 15 is 0 Å². The third kappa shape index (κ3) is 7.12. The van der Waals surface area contributed by atoms with Gasteiger partial charge in [-0.3, -0.25) is 0 Å². The van der Waals surface area contributed by atoms with Crippen molar-refractivity contribution in [2.75, 3.05) is 19.8 Å². The number of H-pyrrole nitrogens is 1. The van der Waals surface area contributed by atoms with Crippen LogP contribution >= 0.6 is 0 Å². The van der Waals surface area contributed by atoms with Gasteiger partial charge in [0.25, 0.3) is 0 Å². The molecule has 0 fully saturated rings. The van der Waals surface area contributed by atoms with Crippen molar-refractivity contribution < 1.29 is 24.1 Å². The van der Waals surface area contributed by atoms with Crippen molar-refractivity contribution in [2.45, 2.75) is 38.8 Å². The second-order valence-electron chi connectivity index (χ2n) is 9.56. The number of ether oxygens (including phenoxy) is 3. The first kappa shape index (κ1) is 26.3. The van der Waals surface area contributed by atoms with Crippen LogP contribution in [0.25, 0.3) is 10.9 Å². The van der Waals surface area contributed by atoms with Crippen LogP contribution in [0, 0.1) is 0 Å². The van der Waals surface area contributed by atoms with E-state index in [-0.39, 0.29) is 12.1 Å². The number of aromatic amines is 1. The number of carbonyl (C=O) groups is 1. The second-order valence-corrected chi connectivity index (χ2v) is 9.56. The lowest BCUT2D eigenvalue weighted by Crippen LogP contribution is -2.46. The Balaban J connectivity index is 1.28. The number of aliphatic hydroxyl groups excluding tert-OH is 1. The number of carbonyl (C=O) groups excluding carboxylic acids is 1. The standard InChI is InChI=1S/C30H34N2O5/c1-4-35-29(34)25-8-5-6-10-28(25)37-23-14-12-21(13-15-23)18-30(2,3)32-19-22(33)20-36-27-11-7-9-26-24(27)16-17-31-26/h5-17,22,31-33H,4,18-20H2,1-3H3/t22-/m0/s1. The van der Waals surface area contributed by atoms with Gasteiger partial charge in [-0.25, -0.2) is 4.79 Å². The maximum atomic E-state index is 12.2. The minimum atomic E-state index is -0.649. The molecule has 0 saturated heterocycles. The molecular weight excluding hydrogens is 468 g/mol. The van der Waals surface area contributed by atoms with Crippen LogP contribution in [0.2, 0.25) is 0 Å². The molecule has 0 saturated carbocycles. The summed E-state index contributed by atoms with van der Waals surface area (Å²) in [5.74, 6) is 1.44.